The van der Waals surface area contributed by atoms with E-state index in [-0.39, 0.29) is 27.4 Å². The van der Waals surface area contributed by atoms with Gasteiger partial charge in [-0.05, 0) is 17.7 Å². The monoisotopic (exact) mass is 405 g/mol. The zero-order valence-corrected chi connectivity index (χ0v) is 15.6. The first-order valence-corrected chi connectivity index (χ1v) is 9.15. The van der Waals surface area contributed by atoms with Gasteiger partial charge in [0.15, 0.2) is 11.0 Å². The fourth-order valence-corrected chi connectivity index (χ4v) is 3.55. The molecule has 1 aromatic heterocycles. The number of anilines is 1. The normalized spacial score (nSPS) is 10.7. The van der Waals surface area contributed by atoms with Crippen molar-refractivity contribution in [2.75, 3.05) is 5.73 Å². The number of carbonyl (C=O) groups excluding carboxylic acids is 1. The molecule has 1 heterocycles. The number of aromatic nitrogens is 3. The van der Waals surface area contributed by atoms with Crippen LogP contribution in [0, 0.1) is 0 Å². The van der Waals surface area contributed by atoms with Crippen molar-refractivity contribution in [3.63, 3.8) is 0 Å². The summed E-state index contributed by atoms with van der Waals surface area (Å²) in [5.41, 5.74) is 12.8. The Labute approximate surface area is 164 Å². The van der Waals surface area contributed by atoms with Crippen LogP contribution in [0.4, 0.5) is 5.95 Å². The molecule has 0 saturated carbocycles. The SMILES string of the molecule is NC(=O)c1cc(-c2nc(N)nc(SCc3ccccc3)n2)c(Cl)cc1Cl. The van der Waals surface area contributed by atoms with Gasteiger partial charge in [0.25, 0.3) is 0 Å². The van der Waals surface area contributed by atoms with Gasteiger partial charge in [-0.2, -0.15) is 9.97 Å². The Morgan fingerprint density at radius 2 is 1.77 bits per heavy atom. The molecule has 0 aliphatic carbocycles. The van der Waals surface area contributed by atoms with E-state index in [0.29, 0.717) is 16.5 Å². The van der Waals surface area contributed by atoms with E-state index in [1.807, 2.05) is 30.3 Å². The van der Waals surface area contributed by atoms with Crippen LogP contribution in [0.2, 0.25) is 10.0 Å². The summed E-state index contributed by atoms with van der Waals surface area (Å²) in [5, 5.41) is 0.888. The molecule has 0 radical (unpaired) electrons. The van der Waals surface area contributed by atoms with Crippen LogP contribution >= 0.6 is 35.0 Å². The van der Waals surface area contributed by atoms with Gasteiger partial charge < -0.3 is 11.5 Å². The summed E-state index contributed by atoms with van der Waals surface area (Å²) in [7, 11) is 0. The number of thioether (sulfide) groups is 1. The highest BCUT2D eigenvalue weighted by Gasteiger charge is 2.16. The van der Waals surface area contributed by atoms with Gasteiger partial charge in [0.1, 0.15) is 0 Å². The predicted octanol–water partition coefficient (Wildman–Crippen LogP) is 3.82. The highest BCUT2D eigenvalue weighted by atomic mass is 35.5. The van der Waals surface area contributed by atoms with Crippen LogP contribution in [0.1, 0.15) is 15.9 Å². The van der Waals surface area contributed by atoms with E-state index in [4.69, 9.17) is 34.7 Å². The number of nitrogen functional groups attached to an aromatic ring is 1. The summed E-state index contributed by atoms with van der Waals surface area (Å²) in [6, 6.07) is 12.8. The van der Waals surface area contributed by atoms with Gasteiger partial charge in [0.05, 0.1) is 15.6 Å². The topological polar surface area (TPSA) is 108 Å². The van der Waals surface area contributed by atoms with E-state index < -0.39 is 5.91 Å². The Morgan fingerprint density at radius 1 is 1.04 bits per heavy atom. The summed E-state index contributed by atoms with van der Waals surface area (Å²) in [6.07, 6.45) is 0. The molecule has 132 valence electrons. The molecule has 26 heavy (non-hydrogen) atoms. The molecule has 4 N–H and O–H groups in total. The minimum absolute atomic E-state index is 0.0530. The smallest absolute Gasteiger partial charge is 0.250 e. The van der Waals surface area contributed by atoms with Crippen molar-refractivity contribution >= 4 is 46.8 Å². The number of hydrogen-bond acceptors (Lipinski definition) is 6. The van der Waals surface area contributed by atoms with Crippen molar-refractivity contribution in [2.24, 2.45) is 5.73 Å². The second kappa shape index (κ2) is 7.90. The summed E-state index contributed by atoms with van der Waals surface area (Å²) in [4.78, 5) is 24.2. The first-order valence-electron chi connectivity index (χ1n) is 7.41. The second-order valence-electron chi connectivity index (χ2n) is 5.25. The lowest BCUT2D eigenvalue weighted by Crippen LogP contribution is -2.12. The molecule has 0 aliphatic heterocycles. The van der Waals surface area contributed by atoms with Crippen molar-refractivity contribution in [3.8, 4) is 11.4 Å². The Balaban J connectivity index is 1.95. The number of halogens is 2. The third-order valence-corrected chi connectivity index (χ3v) is 4.95. The minimum Gasteiger partial charge on any atom is -0.368 e. The molecule has 0 bridgehead atoms. The van der Waals surface area contributed by atoms with Crippen molar-refractivity contribution in [1.82, 2.24) is 15.0 Å². The fraction of sp³-hybridized carbons (Fsp3) is 0.0588. The molecule has 2 aromatic carbocycles. The number of primary amides is 1. The van der Waals surface area contributed by atoms with Gasteiger partial charge in [-0.25, -0.2) is 4.98 Å². The lowest BCUT2D eigenvalue weighted by atomic mass is 10.1. The van der Waals surface area contributed by atoms with Crippen LogP contribution in [0.15, 0.2) is 47.6 Å². The summed E-state index contributed by atoms with van der Waals surface area (Å²) >= 11 is 13.6. The van der Waals surface area contributed by atoms with E-state index >= 15 is 0 Å². The van der Waals surface area contributed by atoms with Crippen molar-refractivity contribution < 1.29 is 4.79 Å². The van der Waals surface area contributed by atoms with Crippen LogP contribution in [0.25, 0.3) is 11.4 Å². The average molecular weight is 406 g/mol. The van der Waals surface area contributed by atoms with Crippen LogP contribution in [0.5, 0.6) is 0 Å². The molecule has 0 spiro atoms. The van der Waals surface area contributed by atoms with Gasteiger partial charge in [0.2, 0.25) is 11.9 Å². The first kappa shape index (κ1) is 18.4. The fourth-order valence-electron chi connectivity index (χ4n) is 2.19. The molecule has 0 atom stereocenters. The highest BCUT2D eigenvalue weighted by molar-refractivity contribution is 7.98. The van der Waals surface area contributed by atoms with E-state index in [9.17, 15) is 4.79 Å². The Morgan fingerprint density at radius 3 is 2.46 bits per heavy atom. The largest absolute Gasteiger partial charge is 0.368 e. The molecule has 0 fully saturated rings. The van der Waals surface area contributed by atoms with E-state index in [0.717, 1.165) is 5.56 Å². The van der Waals surface area contributed by atoms with Gasteiger partial charge in [0, 0.05) is 11.3 Å². The minimum atomic E-state index is -0.673. The standard InChI is InChI=1S/C17H13Cl2N5OS/c18-12-7-13(19)11(6-10(12)14(20)25)15-22-16(21)24-17(23-15)26-8-9-4-2-1-3-5-9/h1-7H,8H2,(H2,20,25)(H2,21,22,23,24). The highest BCUT2D eigenvalue weighted by Crippen LogP contribution is 2.32. The maximum absolute atomic E-state index is 11.5. The summed E-state index contributed by atoms with van der Waals surface area (Å²) < 4.78 is 0. The van der Waals surface area contributed by atoms with Crippen molar-refractivity contribution in [2.45, 2.75) is 10.9 Å². The second-order valence-corrected chi connectivity index (χ2v) is 7.01. The molecule has 0 unspecified atom stereocenters. The Kier molecular flexibility index (Phi) is 5.61. The maximum Gasteiger partial charge on any atom is 0.250 e. The number of amides is 1. The van der Waals surface area contributed by atoms with E-state index in [2.05, 4.69) is 15.0 Å². The zero-order chi connectivity index (χ0) is 18.7. The Bertz CT molecular complexity index is 969. The Hall–Kier alpha value is -2.35. The summed E-state index contributed by atoms with van der Waals surface area (Å²) in [6.45, 7) is 0. The van der Waals surface area contributed by atoms with Crippen molar-refractivity contribution in [1.29, 1.82) is 0 Å². The quantitative estimate of drug-likeness (QED) is 0.624. The number of hydrogen-bond donors (Lipinski definition) is 2. The van der Waals surface area contributed by atoms with Crippen LogP contribution in [0.3, 0.4) is 0 Å². The third kappa shape index (κ3) is 4.24. The van der Waals surface area contributed by atoms with Gasteiger partial charge in [-0.1, -0.05) is 65.3 Å². The van der Waals surface area contributed by atoms with Gasteiger partial charge in [-0.3, -0.25) is 4.79 Å². The number of benzene rings is 2. The molecule has 9 heteroatoms. The maximum atomic E-state index is 11.5. The van der Waals surface area contributed by atoms with E-state index in [1.54, 1.807) is 0 Å². The lowest BCUT2D eigenvalue weighted by Gasteiger charge is -2.09. The first-order chi connectivity index (χ1) is 12.4. The average Bonchev–Trinajstić information content (AvgIpc) is 2.60. The number of carbonyl (C=O) groups is 1. The summed E-state index contributed by atoms with van der Waals surface area (Å²) in [5.74, 6) is 0.299. The lowest BCUT2D eigenvalue weighted by molar-refractivity contribution is 0.100. The predicted molar refractivity (Wildman–Crippen MR) is 104 cm³/mol. The van der Waals surface area contributed by atoms with Crippen LogP contribution in [-0.2, 0) is 5.75 Å². The molecule has 0 saturated heterocycles. The number of rotatable bonds is 5. The molecular formula is C17H13Cl2N5OS. The molecule has 0 aliphatic rings. The molecular weight excluding hydrogens is 393 g/mol. The number of nitrogens with zero attached hydrogens (tertiary/aromatic N) is 3. The molecule has 3 rings (SSSR count). The third-order valence-electron chi connectivity index (χ3n) is 3.41. The van der Waals surface area contributed by atoms with Gasteiger partial charge >= 0.3 is 0 Å². The molecule has 1 amide bonds. The molecule has 3 aromatic rings. The van der Waals surface area contributed by atoms with Gasteiger partial charge in [-0.15, -0.1) is 0 Å². The number of nitrogens with two attached hydrogens (primary N) is 2. The molecule has 6 nitrogen and oxygen atoms in total. The van der Waals surface area contributed by atoms with Crippen LogP contribution in [-0.4, -0.2) is 20.9 Å². The van der Waals surface area contributed by atoms with Crippen LogP contribution < -0.4 is 11.5 Å². The van der Waals surface area contributed by atoms with Crippen molar-refractivity contribution in [3.05, 3.63) is 63.6 Å². The zero-order valence-electron chi connectivity index (χ0n) is 13.3. The van der Waals surface area contributed by atoms with E-state index in [1.165, 1.54) is 23.9 Å².